The normalized spacial score (nSPS) is 20.7. The van der Waals surface area contributed by atoms with Gasteiger partial charge in [-0.15, -0.1) is 0 Å². The maximum Gasteiger partial charge on any atom is 0.279 e. The van der Waals surface area contributed by atoms with Gasteiger partial charge in [-0.25, -0.2) is 12.8 Å². The van der Waals surface area contributed by atoms with E-state index in [1.807, 2.05) is 25.3 Å². The first-order valence-corrected chi connectivity index (χ1v) is 12.6. The fraction of sp³-hybridized carbons (Fsp3) is 0.364. The molecule has 1 amide bonds. The number of carbonyl (C=O) groups is 1. The van der Waals surface area contributed by atoms with Crippen molar-refractivity contribution in [2.45, 2.75) is 44.4 Å². The van der Waals surface area contributed by atoms with Gasteiger partial charge in [0.15, 0.2) is 4.80 Å². The van der Waals surface area contributed by atoms with Gasteiger partial charge in [0.05, 0.1) is 27.3 Å². The summed E-state index contributed by atoms with van der Waals surface area (Å²) in [5.41, 5.74) is 1.08. The second-order valence-electron chi connectivity index (χ2n) is 7.76. The van der Waals surface area contributed by atoms with Crippen LogP contribution < -0.4 is 4.80 Å². The molecule has 0 saturated carbocycles. The minimum Gasteiger partial charge on any atom is -0.373 e. The molecule has 0 unspecified atom stereocenters. The molecule has 1 fully saturated rings. The summed E-state index contributed by atoms with van der Waals surface area (Å²) in [5, 5.41) is 0. The number of carbonyl (C=O) groups excluding carboxylic acids is 1. The topological polar surface area (TPSA) is 81.0 Å². The summed E-state index contributed by atoms with van der Waals surface area (Å²) in [6, 6.07) is 10.3. The molecular formula is C22H24FN3O4S2. The maximum absolute atomic E-state index is 13.6. The number of sulfonamides is 1. The predicted octanol–water partition coefficient (Wildman–Crippen LogP) is 3.40. The second kappa shape index (κ2) is 8.86. The summed E-state index contributed by atoms with van der Waals surface area (Å²) in [4.78, 5) is 17.5. The Morgan fingerprint density at radius 3 is 2.44 bits per heavy atom. The van der Waals surface area contributed by atoms with Gasteiger partial charge in [0.1, 0.15) is 5.82 Å². The van der Waals surface area contributed by atoms with Gasteiger partial charge < -0.3 is 9.30 Å². The number of amides is 1. The van der Waals surface area contributed by atoms with Crippen LogP contribution >= 0.6 is 11.3 Å². The molecule has 0 aliphatic carbocycles. The molecule has 32 heavy (non-hydrogen) atoms. The number of thiazole rings is 1. The first-order valence-electron chi connectivity index (χ1n) is 10.3. The van der Waals surface area contributed by atoms with E-state index in [1.54, 1.807) is 6.07 Å². The summed E-state index contributed by atoms with van der Waals surface area (Å²) >= 11 is 1.23. The van der Waals surface area contributed by atoms with Crippen LogP contribution in [0.15, 0.2) is 52.4 Å². The average molecular weight is 478 g/mol. The van der Waals surface area contributed by atoms with Crippen LogP contribution in [-0.4, -0.2) is 48.5 Å². The number of fused-ring (bicyclic) bond motifs is 1. The molecule has 10 heteroatoms. The van der Waals surface area contributed by atoms with Crippen molar-refractivity contribution >= 4 is 37.5 Å². The molecule has 2 heterocycles. The number of rotatable bonds is 4. The van der Waals surface area contributed by atoms with Gasteiger partial charge in [0.2, 0.25) is 10.0 Å². The lowest BCUT2D eigenvalue weighted by atomic mass is 10.2. The summed E-state index contributed by atoms with van der Waals surface area (Å²) in [6.07, 6.45) is -0.374. The fourth-order valence-corrected chi connectivity index (χ4v) is 6.54. The van der Waals surface area contributed by atoms with Crippen molar-refractivity contribution in [3.63, 3.8) is 0 Å². The molecule has 0 radical (unpaired) electrons. The molecule has 1 aromatic heterocycles. The highest BCUT2D eigenvalue weighted by Gasteiger charge is 2.32. The molecule has 2 aromatic carbocycles. The van der Waals surface area contributed by atoms with E-state index in [1.165, 1.54) is 52.0 Å². The summed E-state index contributed by atoms with van der Waals surface area (Å²) in [7, 11) is -3.69. The molecule has 2 atom stereocenters. The Morgan fingerprint density at radius 1 is 1.16 bits per heavy atom. The molecule has 0 bridgehead atoms. The quantitative estimate of drug-likeness (QED) is 0.577. The first-order chi connectivity index (χ1) is 15.2. The number of benzene rings is 2. The fourth-order valence-electron chi connectivity index (χ4n) is 3.83. The van der Waals surface area contributed by atoms with E-state index in [0.717, 1.165) is 5.52 Å². The van der Waals surface area contributed by atoms with Gasteiger partial charge in [-0.2, -0.15) is 9.30 Å². The van der Waals surface area contributed by atoms with Crippen LogP contribution in [0.2, 0.25) is 0 Å². The third-order valence-corrected chi connectivity index (χ3v) is 8.17. The van der Waals surface area contributed by atoms with Gasteiger partial charge in [-0.3, -0.25) is 4.79 Å². The number of hydrogen-bond acceptors (Lipinski definition) is 5. The van der Waals surface area contributed by atoms with Crippen LogP contribution in [0.1, 0.15) is 31.1 Å². The van der Waals surface area contributed by atoms with E-state index in [4.69, 9.17) is 4.74 Å². The molecular weight excluding hydrogens is 453 g/mol. The molecule has 0 N–H and O–H groups in total. The molecule has 4 rings (SSSR count). The predicted molar refractivity (Wildman–Crippen MR) is 121 cm³/mol. The zero-order valence-corrected chi connectivity index (χ0v) is 19.6. The van der Waals surface area contributed by atoms with Crippen LogP contribution in [-0.2, 0) is 21.3 Å². The Labute approximate surface area is 189 Å². The lowest BCUT2D eigenvalue weighted by Gasteiger charge is -2.34. The van der Waals surface area contributed by atoms with Gasteiger partial charge in [0, 0.05) is 25.2 Å². The third kappa shape index (κ3) is 4.40. The van der Waals surface area contributed by atoms with Crippen LogP contribution in [0.5, 0.6) is 0 Å². The lowest BCUT2D eigenvalue weighted by Crippen LogP contribution is -2.48. The van der Waals surface area contributed by atoms with Gasteiger partial charge in [-0.05, 0) is 63.2 Å². The average Bonchev–Trinajstić information content (AvgIpc) is 3.08. The number of aromatic nitrogens is 1. The number of nitrogens with zero attached hydrogens (tertiary/aromatic N) is 3. The summed E-state index contributed by atoms with van der Waals surface area (Å²) < 4.78 is 49.1. The molecule has 170 valence electrons. The van der Waals surface area contributed by atoms with E-state index in [9.17, 15) is 17.6 Å². The number of halogens is 1. The number of hydrogen-bond donors (Lipinski definition) is 0. The standard InChI is InChI=1S/C22H24FN3O4S2/c1-4-26-19-10-7-17(23)11-20(19)31-22(26)24-21(27)16-5-8-18(9-6-16)32(28,29)25-12-14(2)30-15(3)13-25/h5-11,14-15H,4,12-13H2,1-3H3/t14-,15+. The van der Waals surface area contributed by atoms with E-state index >= 15 is 0 Å². The zero-order chi connectivity index (χ0) is 23.0. The Morgan fingerprint density at radius 2 is 1.81 bits per heavy atom. The van der Waals surface area contributed by atoms with Crippen molar-refractivity contribution in [2.24, 2.45) is 4.99 Å². The smallest absolute Gasteiger partial charge is 0.279 e. The van der Waals surface area contributed by atoms with Crippen molar-refractivity contribution < 1.29 is 22.3 Å². The minimum absolute atomic E-state index is 0.122. The van der Waals surface area contributed by atoms with Crippen LogP contribution in [0.25, 0.3) is 10.2 Å². The number of ether oxygens (including phenoxy) is 1. The highest BCUT2D eigenvalue weighted by atomic mass is 32.2. The van der Waals surface area contributed by atoms with Crippen molar-refractivity contribution in [2.75, 3.05) is 13.1 Å². The van der Waals surface area contributed by atoms with Crippen molar-refractivity contribution in [3.05, 3.63) is 58.6 Å². The molecule has 1 saturated heterocycles. The van der Waals surface area contributed by atoms with Crippen LogP contribution in [0, 0.1) is 5.82 Å². The van der Waals surface area contributed by atoms with E-state index < -0.39 is 15.9 Å². The Kier molecular flexibility index (Phi) is 6.30. The Balaban J connectivity index is 1.62. The highest BCUT2D eigenvalue weighted by Crippen LogP contribution is 2.22. The van der Waals surface area contributed by atoms with Crippen LogP contribution in [0.4, 0.5) is 4.39 Å². The van der Waals surface area contributed by atoms with Crippen molar-refractivity contribution in [3.8, 4) is 0 Å². The largest absolute Gasteiger partial charge is 0.373 e. The summed E-state index contributed by atoms with van der Waals surface area (Å²) in [5.74, 6) is -0.836. The van der Waals surface area contributed by atoms with Crippen LogP contribution in [0.3, 0.4) is 0 Å². The van der Waals surface area contributed by atoms with E-state index in [2.05, 4.69) is 4.99 Å². The molecule has 0 spiro atoms. The lowest BCUT2D eigenvalue weighted by molar-refractivity contribution is -0.0440. The molecule has 1 aliphatic heterocycles. The number of morpholine rings is 1. The van der Waals surface area contributed by atoms with Gasteiger partial charge in [-0.1, -0.05) is 11.3 Å². The van der Waals surface area contributed by atoms with Crippen molar-refractivity contribution in [1.29, 1.82) is 0 Å². The zero-order valence-electron chi connectivity index (χ0n) is 18.0. The van der Waals surface area contributed by atoms with E-state index in [-0.39, 0.29) is 41.6 Å². The third-order valence-electron chi connectivity index (χ3n) is 5.28. The SMILES string of the molecule is CCn1c(=NC(=O)c2ccc(S(=O)(=O)N3C[C@@H](C)O[C@@H](C)C3)cc2)sc2cc(F)ccc21. The molecule has 3 aromatic rings. The number of aryl methyl sites for hydroxylation is 1. The van der Waals surface area contributed by atoms with Gasteiger partial charge >= 0.3 is 0 Å². The Hall–Kier alpha value is -2.40. The van der Waals surface area contributed by atoms with Gasteiger partial charge in [0.25, 0.3) is 5.91 Å². The minimum atomic E-state index is -3.69. The van der Waals surface area contributed by atoms with Crippen molar-refractivity contribution in [1.82, 2.24) is 8.87 Å². The summed E-state index contributed by atoms with van der Waals surface area (Å²) in [6.45, 7) is 6.74. The second-order valence-corrected chi connectivity index (χ2v) is 10.7. The molecule has 7 nitrogen and oxygen atoms in total. The first kappa shape index (κ1) is 22.8. The Bertz CT molecular complexity index is 1320. The highest BCUT2D eigenvalue weighted by molar-refractivity contribution is 7.89. The monoisotopic (exact) mass is 477 g/mol. The molecule has 1 aliphatic rings. The van der Waals surface area contributed by atoms with E-state index in [0.29, 0.717) is 16.0 Å². The maximum atomic E-state index is 13.6.